The fourth-order valence-electron chi connectivity index (χ4n) is 9.85. The second kappa shape index (κ2) is 15.7. The van der Waals surface area contributed by atoms with Crippen LogP contribution in [0.2, 0.25) is 5.02 Å². The molecule has 0 bridgehead atoms. The molecule has 4 aliphatic heterocycles. The van der Waals surface area contributed by atoms with Crippen molar-refractivity contribution in [2.24, 2.45) is 25.9 Å². The van der Waals surface area contributed by atoms with Gasteiger partial charge < -0.3 is 29.7 Å². The van der Waals surface area contributed by atoms with E-state index in [4.69, 9.17) is 26.4 Å². The molecule has 0 radical (unpaired) electrons. The highest BCUT2D eigenvalue weighted by molar-refractivity contribution is 6.33. The first kappa shape index (κ1) is 40.5. The molecule has 2 aromatic carbocycles. The van der Waals surface area contributed by atoms with E-state index in [2.05, 4.69) is 60.8 Å². The van der Waals surface area contributed by atoms with E-state index in [1.54, 1.807) is 19.3 Å². The van der Waals surface area contributed by atoms with Crippen molar-refractivity contribution in [2.75, 3.05) is 66.3 Å². The summed E-state index contributed by atoms with van der Waals surface area (Å²) >= 11 is 6.64. The van der Waals surface area contributed by atoms with E-state index in [0.717, 1.165) is 74.4 Å². The molecule has 10 rings (SSSR count). The summed E-state index contributed by atoms with van der Waals surface area (Å²) in [4.78, 5) is 54.3. The Hall–Kier alpha value is -5.55. The number of piperidine rings is 2. The zero-order chi connectivity index (χ0) is 43.0. The van der Waals surface area contributed by atoms with Crippen molar-refractivity contribution >= 4 is 74.0 Å². The zero-order valence-electron chi connectivity index (χ0n) is 35.0. The number of benzene rings is 2. The molecule has 15 nitrogen and oxygen atoms in total. The molecular weight excluding hydrogens is 820 g/mol. The number of hydrogen-bond donors (Lipinski definition) is 3. The number of halogens is 3. The number of amides is 2. The molecular formula is C44H50ClF2N11O4. The average Bonchev–Trinajstić information content (AvgIpc) is 4.06. The monoisotopic (exact) mass is 869 g/mol. The van der Waals surface area contributed by atoms with E-state index in [0.29, 0.717) is 71.0 Å². The second-order valence-electron chi connectivity index (χ2n) is 17.7. The lowest BCUT2D eigenvalue weighted by Crippen LogP contribution is -2.53. The summed E-state index contributed by atoms with van der Waals surface area (Å²) < 4.78 is 39.1. The van der Waals surface area contributed by atoms with Gasteiger partial charge in [-0.05, 0) is 87.3 Å². The van der Waals surface area contributed by atoms with Gasteiger partial charge in [-0.2, -0.15) is 10.1 Å². The highest BCUT2D eigenvalue weighted by atomic mass is 35.5. The maximum atomic E-state index is 15.2. The van der Waals surface area contributed by atoms with E-state index >= 15 is 8.78 Å². The predicted octanol–water partition coefficient (Wildman–Crippen LogP) is 5.78. The summed E-state index contributed by atoms with van der Waals surface area (Å²) in [5.41, 5.74) is 3.83. The molecule has 0 spiro atoms. The summed E-state index contributed by atoms with van der Waals surface area (Å²) in [5.74, 6) is -2.83. The van der Waals surface area contributed by atoms with Crippen LogP contribution in [0, 0.1) is 11.8 Å². The summed E-state index contributed by atoms with van der Waals surface area (Å²) in [6, 6.07) is 11.0. The molecule has 62 heavy (non-hydrogen) atoms. The van der Waals surface area contributed by atoms with Gasteiger partial charge in [-0.15, -0.1) is 0 Å². The van der Waals surface area contributed by atoms with E-state index in [1.807, 2.05) is 23.9 Å². The lowest BCUT2D eigenvalue weighted by molar-refractivity contribution is -0.134. The number of pyridine rings is 1. The Balaban J connectivity index is 0.774. The van der Waals surface area contributed by atoms with Crippen molar-refractivity contribution in [1.29, 1.82) is 0 Å². The first-order valence-corrected chi connectivity index (χ1v) is 22.0. The normalized spacial score (nSPS) is 23.5. The van der Waals surface area contributed by atoms with Crippen molar-refractivity contribution in [2.45, 2.75) is 69.4 Å². The van der Waals surface area contributed by atoms with Crippen molar-refractivity contribution in [3.05, 3.63) is 63.7 Å². The van der Waals surface area contributed by atoms with Gasteiger partial charge in [0.05, 0.1) is 40.6 Å². The van der Waals surface area contributed by atoms with Crippen LogP contribution >= 0.6 is 11.6 Å². The number of ether oxygens (including phenoxy) is 1. The Morgan fingerprint density at radius 2 is 1.76 bits per heavy atom. The van der Waals surface area contributed by atoms with Crippen LogP contribution < -0.4 is 36.0 Å². The highest BCUT2D eigenvalue weighted by Crippen LogP contribution is 2.46. The fourth-order valence-corrected chi connectivity index (χ4v) is 9.99. The smallest absolute Gasteiger partial charge is 0.301 e. The number of anilines is 5. The van der Waals surface area contributed by atoms with Gasteiger partial charge in [-0.25, -0.2) is 13.8 Å². The molecule has 3 N–H and O–H groups in total. The van der Waals surface area contributed by atoms with Crippen LogP contribution in [0.5, 0.6) is 5.75 Å². The predicted molar refractivity (Wildman–Crippen MR) is 234 cm³/mol. The molecule has 3 atom stereocenters. The van der Waals surface area contributed by atoms with Gasteiger partial charge in [0.1, 0.15) is 5.02 Å². The van der Waals surface area contributed by atoms with Crippen molar-refractivity contribution in [3.63, 3.8) is 0 Å². The number of carbonyl (C=O) groups is 2. The molecule has 5 aromatic rings. The quantitative estimate of drug-likeness (QED) is 0.162. The molecule has 326 valence electrons. The Kier molecular flexibility index (Phi) is 10.2. The van der Waals surface area contributed by atoms with Crippen LogP contribution in [-0.2, 0) is 23.7 Å². The number of carbonyl (C=O) groups excluding carboxylic acids is 2. The van der Waals surface area contributed by atoms with Gasteiger partial charge >= 0.3 is 5.92 Å². The van der Waals surface area contributed by atoms with Crippen LogP contribution in [0.3, 0.4) is 0 Å². The molecule has 5 aliphatic rings. The molecule has 1 aliphatic carbocycles. The number of nitrogens with one attached hydrogen (secondary N) is 3. The molecule has 2 amide bonds. The maximum Gasteiger partial charge on any atom is 0.301 e. The van der Waals surface area contributed by atoms with E-state index in [-0.39, 0.29) is 29.2 Å². The number of nitrogens with zero attached hydrogens (tertiary/aromatic N) is 8. The summed E-state index contributed by atoms with van der Waals surface area (Å²) in [6.07, 6.45) is 5.78. The average molecular weight is 870 g/mol. The van der Waals surface area contributed by atoms with Crippen LogP contribution in [0.1, 0.15) is 57.1 Å². The largest absolute Gasteiger partial charge is 0.480 e. The molecule has 7 heterocycles. The number of rotatable bonds is 8. The Morgan fingerprint density at radius 1 is 0.952 bits per heavy atom. The number of aromatic nitrogens is 5. The molecule has 4 fully saturated rings. The third-order valence-electron chi connectivity index (χ3n) is 13.6. The summed E-state index contributed by atoms with van der Waals surface area (Å²) in [6.45, 7) is 6.82. The lowest BCUT2D eigenvalue weighted by atomic mass is 9.92. The van der Waals surface area contributed by atoms with Crippen LogP contribution in [-0.4, -0.2) is 105 Å². The highest BCUT2D eigenvalue weighted by Gasteiger charge is 2.51. The SMILES string of the molecule is C[C@H]1CN(c2ccc3c(C4CCC(=O)NC4=O)nn(C)c3c2)CCN1CC1CCN(c2ncc(Cl)c(Nc3ccc4c(c3)c3c(c(=O)n4C)OCC(F)(F)[C@H](C4CC4)N3)n2)CC1. The van der Waals surface area contributed by atoms with Crippen molar-refractivity contribution in [3.8, 4) is 5.75 Å². The Bertz CT molecular complexity index is 2660. The third kappa shape index (κ3) is 7.46. The van der Waals surface area contributed by atoms with Crippen molar-refractivity contribution < 1.29 is 23.1 Å². The van der Waals surface area contributed by atoms with E-state index in [9.17, 15) is 14.4 Å². The third-order valence-corrected chi connectivity index (χ3v) is 13.8. The van der Waals surface area contributed by atoms with E-state index in [1.165, 1.54) is 4.57 Å². The van der Waals surface area contributed by atoms with Crippen LogP contribution in [0.15, 0.2) is 47.4 Å². The number of piperazine rings is 1. The number of aryl methyl sites for hydroxylation is 2. The number of fused-ring (bicyclic) bond motifs is 4. The minimum absolute atomic E-state index is 0.106. The number of hydrogen-bond acceptors (Lipinski definition) is 12. The fraction of sp³-hybridized carbons (Fsp3) is 0.500. The first-order valence-electron chi connectivity index (χ1n) is 21.6. The van der Waals surface area contributed by atoms with Gasteiger partial charge in [-0.3, -0.25) is 29.3 Å². The molecule has 1 saturated carbocycles. The maximum absolute atomic E-state index is 15.2. The first-order chi connectivity index (χ1) is 29.8. The van der Waals surface area contributed by atoms with Gasteiger partial charge in [0, 0.05) is 88.0 Å². The minimum Gasteiger partial charge on any atom is -0.480 e. The van der Waals surface area contributed by atoms with Gasteiger partial charge in [-0.1, -0.05) is 11.6 Å². The van der Waals surface area contributed by atoms with Gasteiger partial charge in [0.2, 0.25) is 23.5 Å². The molecule has 3 aromatic heterocycles. The standard InChI is InChI=1S/C44H50ClF2N11O4/c1-24-21-58(28-7-8-29-34(19-28)55(3)53-36(29)30-9-11-35(59)50-41(30)60)17-16-57(24)22-25-12-14-56(15-13-25)43-48-20-32(45)40(52-43)49-27-6-10-33-31(18-27)37-38(42(61)54(33)2)62-23-44(46,47)39(51-37)26-4-5-26/h6-8,10,18-20,24-26,30,39,51H,4-5,9,11-17,21-23H2,1-3H3,(H,48,49,52)(H,50,59,60)/t24-,30?,39-/m0/s1. The van der Waals surface area contributed by atoms with Crippen LogP contribution in [0.25, 0.3) is 21.8 Å². The van der Waals surface area contributed by atoms with Gasteiger partial charge in [0.25, 0.3) is 5.56 Å². The lowest BCUT2D eigenvalue weighted by Gasteiger charge is -2.43. The minimum atomic E-state index is -3.13. The number of alkyl halides is 2. The molecule has 18 heteroatoms. The number of imide groups is 1. The topological polar surface area (TPSA) is 155 Å². The second-order valence-corrected chi connectivity index (χ2v) is 18.1. The molecule has 1 unspecified atom stereocenters. The Labute approximate surface area is 361 Å². The summed E-state index contributed by atoms with van der Waals surface area (Å²) in [5, 5.41) is 15.4. The van der Waals surface area contributed by atoms with Crippen molar-refractivity contribution in [1.82, 2.24) is 34.5 Å². The summed E-state index contributed by atoms with van der Waals surface area (Å²) in [7, 11) is 3.51. The van der Waals surface area contributed by atoms with Crippen LogP contribution in [0.4, 0.5) is 37.6 Å². The zero-order valence-corrected chi connectivity index (χ0v) is 35.7. The molecule has 3 saturated heterocycles. The Morgan fingerprint density at radius 3 is 2.52 bits per heavy atom. The van der Waals surface area contributed by atoms with Gasteiger partial charge in [0.15, 0.2) is 12.4 Å². The van der Waals surface area contributed by atoms with E-state index < -0.39 is 30.0 Å².